The third kappa shape index (κ3) is 3.19. The van der Waals surface area contributed by atoms with Gasteiger partial charge in [0.2, 0.25) is 0 Å². The molecule has 0 bridgehead atoms. The number of benzene rings is 1. The van der Waals surface area contributed by atoms with Crippen LogP contribution in [0.2, 0.25) is 0 Å². The number of alkyl halides is 1. The maximum absolute atomic E-state index is 12.5. The number of thiazole rings is 1. The van der Waals surface area contributed by atoms with Crippen LogP contribution >= 0.6 is 22.9 Å². The molecule has 110 valence electrons. The second-order valence-electron chi connectivity index (χ2n) is 4.92. The van der Waals surface area contributed by atoms with Gasteiger partial charge in [-0.3, -0.25) is 4.79 Å². The van der Waals surface area contributed by atoms with E-state index in [2.05, 4.69) is 9.88 Å². The van der Waals surface area contributed by atoms with Crippen LogP contribution in [0.1, 0.15) is 15.9 Å². The van der Waals surface area contributed by atoms with Gasteiger partial charge in [0, 0.05) is 49.2 Å². The molecular formula is C15H16ClN3OS. The number of rotatable bonds is 3. The predicted octanol–water partition coefficient (Wildman–Crippen LogP) is 2.84. The van der Waals surface area contributed by atoms with Crippen molar-refractivity contribution in [2.24, 2.45) is 0 Å². The highest BCUT2D eigenvalue weighted by Gasteiger charge is 2.23. The van der Waals surface area contributed by atoms with Crippen molar-refractivity contribution in [3.8, 4) is 0 Å². The molecule has 0 atom stereocenters. The molecule has 1 aromatic heterocycles. The van der Waals surface area contributed by atoms with E-state index in [1.807, 2.05) is 40.7 Å². The summed E-state index contributed by atoms with van der Waals surface area (Å²) in [6, 6.07) is 7.53. The minimum Gasteiger partial charge on any atom is -0.345 e. The summed E-state index contributed by atoms with van der Waals surface area (Å²) >= 11 is 7.41. The van der Waals surface area contributed by atoms with Crippen molar-refractivity contribution < 1.29 is 4.79 Å². The van der Waals surface area contributed by atoms with Crippen LogP contribution in [0.15, 0.2) is 35.8 Å². The van der Waals surface area contributed by atoms with Gasteiger partial charge in [0.15, 0.2) is 5.13 Å². The topological polar surface area (TPSA) is 36.4 Å². The lowest BCUT2D eigenvalue weighted by molar-refractivity contribution is 0.0747. The summed E-state index contributed by atoms with van der Waals surface area (Å²) in [5.74, 6) is 0.566. The fraction of sp³-hybridized carbons (Fsp3) is 0.333. The van der Waals surface area contributed by atoms with E-state index in [0.29, 0.717) is 5.88 Å². The van der Waals surface area contributed by atoms with E-state index in [1.165, 1.54) is 0 Å². The molecule has 1 fully saturated rings. The van der Waals surface area contributed by atoms with Gasteiger partial charge < -0.3 is 9.80 Å². The lowest BCUT2D eigenvalue weighted by Gasteiger charge is -2.34. The average molecular weight is 322 g/mol. The number of hydrogen-bond donors (Lipinski definition) is 0. The number of aromatic nitrogens is 1. The first kappa shape index (κ1) is 14.4. The first-order valence-electron chi connectivity index (χ1n) is 6.86. The van der Waals surface area contributed by atoms with Gasteiger partial charge in [-0.25, -0.2) is 4.98 Å². The maximum Gasteiger partial charge on any atom is 0.253 e. The summed E-state index contributed by atoms with van der Waals surface area (Å²) in [6.45, 7) is 3.13. The SMILES string of the molecule is O=C(c1ccc(CCl)cc1)N1CCN(c2nccs2)CC1. The molecule has 0 unspecified atom stereocenters. The van der Waals surface area contributed by atoms with Crippen LogP contribution in [-0.4, -0.2) is 42.0 Å². The second-order valence-corrected chi connectivity index (χ2v) is 6.06. The summed E-state index contributed by atoms with van der Waals surface area (Å²) in [7, 11) is 0. The Bertz CT molecular complexity index is 592. The zero-order chi connectivity index (χ0) is 14.7. The number of carbonyl (C=O) groups is 1. The molecule has 0 aliphatic carbocycles. The Morgan fingerprint density at radius 1 is 1.19 bits per heavy atom. The number of amides is 1. The molecule has 0 spiro atoms. The van der Waals surface area contributed by atoms with Crippen molar-refractivity contribution in [3.63, 3.8) is 0 Å². The van der Waals surface area contributed by atoms with E-state index in [9.17, 15) is 4.79 Å². The average Bonchev–Trinajstić information content (AvgIpc) is 3.09. The first-order chi connectivity index (χ1) is 10.3. The molecule has 1 aliphatic heterocycles. The van der Waals surface area contributed by atoms with E-state index >= 15 is 0 Å². The molecule has 2 aromatic rings. The summed E-state index contributed by atoms with van der Waals surface area (Å²) < 4.78 is 0. The highest BCUT2D eigenvalue weighted by Crippen LogP contribution is 2.19. The smallest absolute Gasteiger partial charge is 0.253 e. The lowest BCUT2D eigenvalue weighted by Crippen LogP contribution is -2.48. The summed E-state index contributed by atoms with van der Waals surface area (Å²) in [5.41, 5.74) is 1.76. The molecule has 0 N–H and O–H groups in total. The third-order valence-electron chi connectivity index (χ3n) is 3.61. The van der Waals surface area contributed by atoms with Gasteiger partial charge in [0.1, 0.15) is 0 Å². The van der Waals surface area contributed by atoms with E-state index in [1.54, 1.807) is 11.3 Å². The maximum atomic E-state index is 12.5. The van der Waals surface area contributed by atoms with Crippen LogP contribution in [0.25, 0.3) is 0 Å². The Kier molecular flexibility index (Phi) is 4.41. The van der Waals surface area contributed by atoms with Gasteiger partial charge in [0.05, 0.1) is 0 Å². The molecule has 1 saturated heterocycles. The fourth-order valence-corrected chi connectivity index (χ4v) is 3.27. The number of hydrogen-bond acceptors (Lipinski definition) is 4. The third-order valence-corrected chi connectivity index (χ3v) is 4.75. The Morgan fingerprint density at radius 3 is 2.48 bits per heavy atom. The van der Waals surface area contributed by atoms with E-state index in [4.69, 9.17) is 11.6 Å². The van der Waals surface area contributed by atoms with Gasteiger partial charge in [-0.05, 0) is 17.7 Å². The molecule has 2 heterocycles. The normalized spacial score (nSPS) is 15.3. The van der Waals surface area contributed by atoms with Gasteiger partial charge >= 0.3 is 0 Å². The van der Waals surface area contributed by atoms with Crippen molar-refractivity contribution in [2.75, 3.05) is 31.1 Å². The molecule has 3 rings (SSSR count). The zero-order valence-electron chi connectivity index (χ0n) is 11.5. The van der Waals surface area contributed by atoms with Crippen molar-refractivity contribution in [3.05, 3.63) is 47.0 Å². The van der Waals surface area contributed by atoms with E-state index in [0.717, 1.165) is 42.4 Å². The van der Waals surface area contributed by atoms with Crippen LogP contribution in [0.3, 0.4) is 0 Å². The quantitative estimate of drug-likeness (QED) is 0.816. The lowest BCUT2D eigenvalue weighted by atomic mass is 10.1. The van der Waals surface area contributed by atoms with Gasteiger partial charge in [-0.1, -0.05) is 12.1 Å². The van der Waals surface area contributed by atoms with Crippen molar-refractivity contribution in [1.82, 2.24) is 9.88 Å². The standard InChI is InChI=1S/C15H16ClN3OS/c16-11-12-1-3-13(4-2-12)14(20)18-6-8-19(9-7-18)15-17-5-10-21-15/h1-5,10H,6-9,11H2. The number of nitrogens with zero attached hydrogens (tertiary/aromatic N) is 3. The van der Waals surface area contributed by atoms with Crippen LogP contribution in [0, 0.1) is 0 Å². The highest BCUT2D eigenvalue weighted by molar-refractivity contribution is 7.13. The molecule has 1 aliphatic rings. The van der Waals surface area contributed by atoms with Gasteiger partial charge in [0.25, 0.3) is 5.91 Å². The number of piperazine rings is 1. The zero-order valence-corrected chi connectivity index (χ0v) is 13.1. The molecule has 0 saturated carbocycles. The van der Waals surface area contributed by atoms with Crippen LogP contribution < -0.4 is 4.90 Å². The first-order valence-corrected chi connectivity index (χ1v) is 8.28. The molecule has 1 aromatic carbocycles. The number of anilines is 1. The number of carbonyl (C=O) groups excluding carboxylic acids is 1. The molecule has 4 nitrogen and oxygen atoms in total. The van der Waals surface area contributed by atoms with Crippen LogP contribution in [0.5, 0.6) is 0 Å². The summed E-state index contributed by atoms with van der Waals surface area (Å²) in [5, 5.41) is 3.01. The summed E-state index contributed by atoms with van der Waals surface area (Å²) in [4.78, 5) is 20.9. The van der Waals surface area contributed by atoms with Gasteiger partial charge in [-0.2, -0.15) is 0 Å². The molecule has 0 radical (unpaired) electrons. The Morgan fingerprint density at radius 2 is 1.90 bits per heavy atom. The van der Waals surface area contributed by atoms with E-state index < -0.39 is 0 Å². The molecule has 6 heteroatoms. The van der Waals surface area contributed by atoms with Gasteiger partial charge in [-0.15, -0.1) is 22.9 Å². The molecule has 21 heavy (non-hydrogen) atoms. The minimum absolute atomic E-state index is 0.0925. The van der Waals surface area contributed by atoms with Crippen molar-refractivity contribution in [2.45, 2.75) is 5.88 Å². The minimum atomic E-state index is 0.0925. The predicted molar refractivity (Wildman–Crippen MR) is 86.2 cm³/mol. The number of halogens is 1. The summed E-state index contributed by atoms with van der Waals surface area (Å²) in [6.07, 6.45) is 1.82. The van der Waals surface area contributed by atoms with Crippen LogP contribution in [0.4, 0.5) is 5.13 Å². The Balaban J connectivity index is 1.62. The second kappa shape index (κ2) is 6.45. The Labute approximate surface area is 133 Å². The van der Waals surface area contributed by atoms with E-state index in [-0.39, 0.29) is 5.91 Å². The van der Waals surface area contributed by atoms with Crippen LogP contribution in [-0.2, 0) is 5.88 Å². The fourth-order valence-electron chi connectivity index (χ4n) is 2.39. The Hall–Kier alpha value is -1.59. The molecular weight excluding hydrogens is 306 g/mol. The van der Waals surface area contributed by atoms with Crippen molar-refractivity contribution in [1.29, 1.82) is 0 Å². The highest BCUT2D eigenvalue weighted by atomic mass is 35.5. The van der Waals surface area contributed by atoms with Crippen molar-refractivity contribution >= 4 is 34.0 Å². The largest absolute Gasteiger partial charge is 0.345 e. The monoisotopic (exact) mass is 321 g/mol. The molecule has 1 amide bonds.